The summed E-state index contributed by atoms with van der Waals surface area (Å²) in [6.07, 6.45) is -0.691. The van der Waals surface area contributed by atoms with Crippen molar-refractivity contribution in [2.45, 2.75) is 78.3 Å². The van der Waals surface area contributed by atoms with Gasteiger partial charge in [-0.15, -0.1) is 0 Å². The minimum atomic E-state index is -5.08. The van der Waals surface area contributed by atoms with Crippen LogP contribution in [0.5, 0.6) is 0 Å². The molecule has 1 fully saturated rings. The summed E-state index contributed by atoms with van der Waals surface area (Å²) >= 11 is 0. The second-order valence-corrected chi connectivity index (χ2v) is 10.1. The summed E-state index contributed by atoms with van der Waals surface area (Å²) in [5.41, 5.74) is 3.02. The number of carboxylic acids is 2. The SMILES string of the molecule is Cc1ccc(-c2nc(CO[C@@H]3CCC[C@H](CN(C)[C@H](C(=O)O)C(C)C)C3)c(C)o2)cc1.O=C(O)C(F)(F)F. The molecule has 2 aromatic rings. The van der Waals surface area contributed by atoms with Crippen LogP contribution in [0, 0.1) is 25.7 Å². The minimum Gasteiger partial charge on any atom is -0.480 e. The monoisotopic (exact) mass is 542 g/mol. The number of aryl methyl sites for hydroxylation is 2. The van der Waals surface area contributed by atoms with Crippen molar-refractivity contribution in [2.75, 3.05) is 13.6 Å². The van der Waals surface area contributed by atoms with Crippen molar-refractivity contribution < 1.29 is 42.1 Å². The average Bonchev–Trinajstić information content (AvgIpc) is 3.18. The number of benzene rings is 1. The molecule has 0 unspecified atom stereocenters. The molecule has 212 valence electrons. The number of likely N-dealkylation sites (N-methyl/N-ethyl adjacent to an activating group) is 1. The first kappa shape index (κ1) is 31.3. The zero-order valence-corrected chi connectivity index (χ0v) is 22.4. The fourth-order valence-electron chi connectivity index (χ4n) is 4.64. The van der Waals surface area contributed by atoms with Crippen LogP contribution in [-0.4, -0.2) is 64.0 Å². The first-order chi connectivity index (χ1) is 17.7. The van der Waals surface area contributed by atoms with E-state index in [1.54, 1.807) is 0 Å². The van der Waals surface area contributed by atoms with Crippen molar-refractivity contribution in [3.8, 4) is 11.5 Å². The maximum atomic E-state index is 11.6. The lowest BCUT2D eigenvalue weighted by Gasteiger charge is -2.35. The van der Waals surface area contributed by atoms with E-state index in [2.05, 4.69) is 24.0 Å². The van der Waals surface area contributed by atoms with Gasteiger partial charge < -0.3 is 19.4 Å². The van der Waals surface area contributed by atoms with Gasteiger partial charge in [0.25, 0.3) is 0 Å². The molecular weight excluding hydrogens is 505 g/mol. The molecule has 1 saturated carbocycles. The van der Waals surface area contributed by atoms with E-state index in [4.69, 9.17) is 19.1 Å². The highest BCUT2D eigenvalue weighted by molar-refractivity contribution is 5.73. The fraction of sp³-hybridized carbons (Fsp3) is 0.593. The van der Waals surface area contributed by atoms with Gasteiger partial charge >= 0.3 is 18.1 Å². The Bertz CT molecular complexity index is 1050. The predicted octanol–water partition coefficient (Wildman–Crippen LogP) is 5.71. The normalized spacial score (nSPS) is 18.7. The molecular formula is C27H37F3N2O6. The van der Waals surface area contributed by atoms with Gasteiger partial charge in [-0.05, 0) is 64.1 Å². The Morgan fingerprint density at radius 2 is 1.76 bits per heavy atom. The summed E-state index contributed by atoms with van der Waals surface area (Å²) in [7, 11) is 1.93. The van der Waals surface area contributed by atoms with Crippen molar-refractivity contribution in [3.05, 3.63) is 41.3 Å². The van der Waals surface area contributed by atoms with Crippen LogP contribution in [0.15, 0.2) is 28.7 Å². The van der Waals surface area contributed by atoms with Crippen LogP contribution < -0.4 is 0 Å². The van der Waals surface area contributed by atoms with Crippen LogP contribution in [0.25, 0.3) is 11.5 Å². The zero-order valence-electron chi connectivity index (χ0n) is 22.4. The molecule has 0 bridgehead atoms. The minimum absolute atomic E-state index is 0.0796. The molecule has 8 nitrogen and oxygen atoms in total. The Hall–Kier alpha value is -2.92. The van der Waals surface area contributed by atoms with Crippen molar-refractivity contribution in [1.82, 2.24) is 9.88 Å². The number of alkyl halides is 3. The van der Waals surface area contributed by atoms with Gasteiger partial charge in [0.2, 0.25) is 5.89 Å². The van der Waals surface area contributed by atoms with Gasteiger partial charge in [0.1, 0.15) is 17.5 Å². The molecule has 1 aliphatic carbocycles. The molecule has 3 rings (SSSR count). The maximum absolute atomic E-state index is 11.6. The Morgan fingerprint density at radius 1 is 1.16 bits per heavy atom. The van der Waals surface area contributed by atoms with Gasteiger partial charge in [0, 0.05) is 12.1 Å². The number of aliphatic carboxylic acids is 2. The predicted molar refractivity (Wildman–Crippen MR) is 135 cm³/mol. The van der Waals surface area contributed by atoms with E-state index in [1.807, 2.05) is 44.9 Å². The highest BCUT2D eigenvalue weighted by atomic mass is 19.4. The van der Waals surface area contributed by atoms with Crippen molar-refractivity contribution in [2.24, 2.45) is 11.8 Å². The van der Waals surface area contributed by atoms with E-state index in [0.29, 0.717) is 18.4 Å². The first-order valence-electron chi connectivity index (χ1n) is 12.6. The smallest absolute Gasteiger partial charge is 0.480 e. The number of rotatable bonds is 9. The molecule has 0 amide bonds. The van der Waals surface area contributed by atoms with E-state index in [9.17, 15) is 23.1 Å². The van der Waals surface area contributed by atoms with Gasteiger partial charge in [0.15, 0.2) is 0 Å². The average molecular weight is 543 g/mol. The molecule has 3 atom stereocenters. The lowest BCUT2D eigenvalue weighted by Crippen LogP contribution is -2.45. The summed E-state index contributed by atoms with van der Waals surface area (Å²) < 4.78 is 43.8. The molecule has 1 aromatic carbocycles. The Balaban J connectivity index is 0.000000638. The molecule has 0 saturated heterocycles. The number of carbonyl (C=O) groups is 2. The van der Waals surface area contributed by atoms with E-state index in [-0.39, 0.29) is 12.0 Å². The van der Waals surface area contributed by atoms with E-state index < -0.39 is 24.2 Å². The number of hydrogen-bond acceptors (Lipinski definition) is 6. The molecule has 1 heterocycles. The number of nitrogens with zero attached hydrogens (tertiary/aromatic N) is 2. The number of carboxylic acid groups (broad SMARTS) is 2. The van der Waals surface area contributed by atoms with E-state index in [1.165, 1.54) is 5.56 Å². The van der Waals surface area contributed by atoms with Crippen LogP contribution in [0.2, 0.25) is 0 Å². The molecule has 1 aliphatic rings. The van der Waals surface area contributed by atoms with Crippen molar-refractivity contribution in [3.63, 3.8) is 0 Å². The highest BCUT2D eigenvalue weighted by Gasteiger charge is 2.38. The summed E-state index contributed by atoms with van der Waals surface area (Å²) in [6, 6.07) is 7.71. The van der Waals surface area contributed by atoms with Crippen LogP contribution in [0.1, 0.15) is 56.5 Å². The zero-order chi connectivity index (χ0) is 28.6. The van der Waals surface area contributed by atoms with Gasteiger partial charge in [0.05, 0.1) is 12.7 Å². The lowest BCUT2D eigenvalue weighted by atomic mass is 9.86. The summed E-state index contributed by atoms with van der Waals surface area (Å²) in [6.45, 7) is 9.15. The summed E-state index contributed by atoms with van der Waals surface area (Å²) in [5.74, 6) is -1.54. The van der Waals surface area contributed by atoms with Gasteiger partial charge in [-0.25, -0.2) is 9.78 Å². The number of ether oxygens (including phenoxy) is 1. The molecule has 0 radical (unpaired) electrons. The summed E-state index contributed by atoms with van der Waals surface area (Å²) in [5, 5.41) is 16.7. The third-order valence-electron chi connectivity index (χ3n) is 6.53. The largest absolute Gasteiger partial charge is 0.490 e. The van der Waals surface area contributed by atoms with Crippen LogP contribution in [0.3, 0.4) is 0 Å². The number of hydrogen-bond donors (Lipinski definition) is 2. The summed E-state index contributed by atoms with van der Waals surface area (Å²) in [4.78, 5) is 27.2. The Labute approximate surface area is 220 Å². The topological polar surface area (TPSA) is 113 Å². The Kier molecular flexibility index (Phi) is 11.3. The quantitative estimate of drug-likeness (QED) is 0.414. The first-order valence-corrected chi connectivity index (χ1v) is 12.6. The lowest BCUT2D eigenvalue weighted by molar-refractivity contribution is -0.192. The fourth-order valence-corrected chi connectivity index (χ4v) is 4.64. The Morgan fingerprint density at radius 3 is 2.29 bits per heavy atom. The molecule has 0 spiro atoms. The molecule has 0 aliphatic heterocycles. The number of aromatic nitrogens is 1. The maximum Gasteiger partial charge on any atom is 0.490 e. The second kappa shape index (κ2) is 13.7. The number of oxazole rings is 1. The number of halogens is 3. The van der Waals surface area contributed by atoms with Gasteiger partial charge in [-0.2, -0.15) is 13.2 Å². The molecule has 38 heavy (non-hydrogen) atoms. The van der Waals surface area contributed by atoms with Crippen LogP contribution in [0.4, 0.5) is 13.2 Å². The molecule has 11 heteroatoms. The van der Waals surface area contributed by atoms with Crippen molar-refractivity contribution >= 4 is 11.9 Å². The highest BCUT2D eigenvalue weighted by Crippen LogP contribution is 2.29. The van der Waals surface area contributed by atoms with Gasteiger partial charge in [-0.1, -0.05) is 38.0 Å². The second-order valence-electron chi connectivity index (χ2n) is 10.1. The molecule has 2 N–H and O–H groups in total. The third kappa shape index (κ3) is 9.43. The van der Waals surface area contributed by atoms with Crippen LogP contribution >= 0.6 is 0 Å². The van der Waals surface area contributed by atoms with Crippen LogP contribution in [-0.2, 0) is 20.9 Å². The standard InChI is InChI=1S/C25H36N2O4.C2HF3O2/c1-16(2)23(25(28)29)27(5)14-19-7-6-8-21(13-19)30-15-22-18(4)31-24(26-22)20-11-9-17(3)10-12-20;3-2(4,5)1(6)7/h9-12,16,19,21,23H,6-8,13-15H2,1-5H3,(H,28,29);(H,6,7)/t19-,21+,23-;/m0./s1. The molecule has 1 aromatic heterocycles. The van der Waals surface area contributed by atoms with Crippen molar-refractivity contribution in [1.29, 1.82) is 0 Å². The third-order valence-corrected chi connectivity index (χ3v) is 6.53. The van der Waals surface area contributed by atoms with E-state index >= 15 is 0 Å². The van der Waals surface area contributed by atoms with E-state index in [0.717, 1.165) is 49.2 Å². The van der Waals surface area contributed by atoms with Gasteiger partial charge in [-0.3, -0.25) is 9.69 Å².